The van der Waals surface area contributed by atoms with Gasteiger partial charge in [-0.3, -0.25) is 14.4 Å². The highest BCUT2D eigenvalue weighted by molar-refractivity contribution is 7.99. The summed E-state index contributed by atoms with van der Waals surface area (Å²) in [6.45, 7) is -0.427. The lowest BCUT2D eigenvalue weighted by Gasteiger charge is -2.44. The van der Waals surface area contributed by atoms with Crippen LogP contribution >= 0.6 is 35.0 Å². The maximum absolute atomic E-state index is 13.2. The summed E-state index contributed by atoms with van der Waals surface area (Å²) in [5.41, 5.74) is 4.91. The van der Waals surface area contributed by atoms with Crippen LogP contribution in [-0.4, -0.2) is 138 Å². The molecular formula is C27H39Cl2N3O12S. The van der Waals surface area contributed by atoms with Crippen LogP contribution in [0, 0.1) is 0 Å². The number of amides is 2. The molecule has 0 aromatic heterocycles. The molecule has 45 heavy (non-hydrogen) atoms. The number of thioether (sulfide) groups is 1. The van der Waals surface area contributed by atoms with E-state index in [-0.39, 0.29) is 28.8 Å². The van der Waals surface area contributed by atoms with Gasteiger partial charge in [-0.15, -0.1) is 11.8 Å². The molecule has 2 aliphatic rings. The van der Waals surface area contributed by atoms with Crippen LogP contribution < -0.4 is 16.4 Å². The summed E-state index contributed by atoms with van der Waals surface area (Å²) in [6, 6.07) is 3.26. The van der Waals surface area contributed by atoms with E-state index in [1.807, 2.05) is 0 Å². The highest BCUT2D eigenvalue weighted by Gasteiger charge is 2.49. The number of rotatable bonds is 14. The van der Waals surface area contributed by atoms with Crippen LogP contribution in [0.4, 0.5) is 0 Å². The number of carbonyl (C=O) groups is 3. The third-order valence-electron chi connectivity index (χ3n) is 7.08. The smallest absolute Gasteiger partial charge is 0.303 e. The fourth-order valence-electron chi connectivity index (χ4n) is 4.87. The van der Waals surface area contributed by atoms with Crippen LogP contribution in [0.25, 0.3) is 0 Å². The third kappa shape index (κ3) is 9.85. The Morgan fingerprint density at radius 3 is 2.24 bits per heavy atom. The molecule has 1 aromatic carbocycles. The Labute approximate surface area is 273 Å². The molecule has 18 heteroatoms. The first-order valence-corrected chi connectivity index (χ1v) is 16.1. The average molecular weight is 701 g/mol. The van der Waals surface area contributed by atoms with Crippen molar-refractivity contribution >= 4 is 52.7 Å². The Kier molecular flexibility index (Phi) is 15.0. The minimum atomic E-state index is -1.47. The van der Waals surface area contributed by atoms with E-state index in [9.17, 15) is 34.8 Å². The number of aliphatic hydroxyl groups excluding tert-OH is 4. The summed E-state index contributed by atoms with van der Waals surface area (Å²) in [5, 5.41) is 46.9. The number of halogens is 2. The zero-order chi connectivity index (χ0) is 33.3. The predicted molar refractivity (Wildman–Crippen MR) is 162 cm³/mol. The van der Waals surface area contributed by atoms with E-state index < -0.39 is 98.0 Å². The van der Waals surface area contributed by atoms with Gasteiger partial charge in [0, 0.05) is 19.1 Å². The molecule has 0 radical (unpaired) electrons. The van der Waals surface area contributed by atoms with Gasteiger partial charge < -0.3 is 60.5 Å². The highest BCUT2D eigenvalue weighted by atomic mass is 35.5. The first-order chi connectivity index (χ1) is 21.4. The number of nitrogens with one attached hydrogen (secondary N) is 2. The third-order valence-corrected chi connectivity index (χ3v) is 8.69. The lowest BCUT2D eigenvalue weighted by atomic mass is 9.97. The topological polar surface area (TPSA) is 228 Å². The Morgan fingerprint density at radius 2 is 1.64 bits per heavy atom. The summed E-state index contributed by atoms with van der Waals surface area (Å²) in [6.07, 6.45) is -8.20. The summed E-state index contributed by atoms with van der Waals surface area (Å²) in [5.74, 6) is -2.11. The standard InChI is InChI=1S/C27H39Cl2N3O12S/c1-12(35)42-23-21(38)16(9-33)43-26(24(23)40-7-3-6-30)31-18(36)11-41-22-19(27(45-2)44-17(10-34)20(22)37)32-25(39)13-4-5-14(28)15(29)8-13/h4-5,8,16-17,19-24,26-27,33-34,37-38H,3,6-7,9-11,30H2,1-2H3,(H,31,36)(H,32,39)/t16?,17?,19?,20-,21-,22+,23-,24?,26+,27-/m0/s1. The van der Waals surface area contributed by atoms with E-state index in [0.717, 1.165) is 6.92 Å². The van der Waals surface area contributed by atoms with Crippen molar-refractivity contribution in [2.75, 3.05) is 39.2 Å². The molecule has 0 spiro atoms. The summed E-state index contributed by atoms with van der Waals surface area (Å²) >= 11 is 13.2. The maximum atomic E-state index is 13.2. The zero-order valence-corrected chi connectivity index (χ0v) is 26.9. The van der Waals surface area contributed by atoms with Crippen LogP contribution in [0.5, 0.6) is 0 Å². The van der Waals surface area contributed by atoms with E-state index in [1.54, 1.807) is 6.26 Å². The molecule has 4 unspecified atom stereocenters. The van der Waals surface area contributed by atoms with Gasteiger partial charge in [-0.2, -0.15) is 0 Å². The SMILES string of the molecule is CS[C@@H]1OC(CO)[C@H](O)[C@H](OCC(=O)N[C@@H]2OC(CO)[C@H](O)[C@H](OC(C)=O)C2OCCCN)C1NC(=O)c1ccc(Cl)c(Cl)c1. The van der Waals surface area contributed by atoms with Gasteiger partial charge in [-0.1, -0.05) is 23.2 Å². The molecule has 1 aromatic rings. The van der Waals surface area contributed by atoms with Gasteiger partial charge in [-0.05, 0) is 37.4 Å². The molecular weight excluding hydrogens is 661 g/mol. The number of aliphatic hydroxyl groups is 4. The largest absolute Gasteiger partial charge is 0.457 e. The van der Waals surface area contributed by atoms with Crippen molar-refractivity contribution in [2.24, 2.45) is 5.73 Å². The Hall–Kier alpha value is -1.80. The highest BCUT2D eigenvalue weighted by Crippen LogP contribution is 2.30. The van der Waals surface area contributed by atoms with Gasteiger partial charge >= 0.3 is 5.97 Å². The second-order valence-corrected chi connectivity index (χ2v) is 12.0. The van der Waals surface area contributed by atoms with Crippen LogP contribution in [0.3, 0.4) is 0 Å². The van der Waals surface area contributed by atoms with Crippen molar-refractivity contribution in [3.05, 3.63) is 33.8 Å². The molecule has 2 saturated heterocycles. The molecule has 2 fully saturated rings. The van der Waals surface area contributed by atoms with E-state index in [2.05, 4.69) is 10.6 Å². The molecule has 0 aliphatic carbocycles. The van der Waals surface area contributed by atoms with E-state index in [1.165, 1.54) is 30.0 Å². The Balaban J connectivity index is 1.78. The first-order valence-electron chi connectivity index (χ1n) is 14.0. The predicted octanol–water partition coefficient (Wildman–Crippen LogP) is -1.22. The van der Waals surface area contributed by atoms with Gasteiger partial charge in [0.1, 0.15) is 48.7 Å². The molecule has 2 amide bonds. The lowest BCUT2D eigenvalue weighted by molar-refractivity contribution is -0.254. The van der Waals surface area contributed by atoms with Crippen molar-refractivity contribution in [3.63, 3.8) is 0 Å². The molecule has 15 nitrogen and oxygen atoms in total. The molecule has 254 valence electrons. The number of hydrogen-bond acceptors (Lipinski definition) is 14. The second kappa shape index (κ2) is 17.9. The number of hydrogen-bond donors (Lipinski definition) is 7. The van der Waals surface area contributed by atoms with Crippen molar-refractivity contribution in [3.8, 4) is 0 Å². The van der Waals surface area contributed by atoms with Crippen molar-refractivity contribution in [1.82, 2.24) is 10.6 Å². The Bertz CT molecular complexity index is 1160. The van der Waals surface area contributed by atoms with Gasteiger partial charge in [-0.25, -0.2) is 0 Å². The first kappa shape index (κ1) is 37.7. The number of ether oxygens (including phenoxy) is 5. The minimum Gasteiger partial charge on any atom is -0.457 e. The fourth-order valence-corrected chi connectivity index (χ4v) is 5.94. The zero-order valence-electron chi connectivity index (χ0n) is 24.5. The quantitative estimate of drug-likeness (QED) is 0.0892. The van der Waals surface area contributed by atoms with Gasteiger partial charge in [0.25, 0.3) is 5.91 Å². The lowest BCUT2D eigenvalue weighted by Crippen LogP contribution is -2.66. The number of benzene rings is 1. The number of esters is 1. The van der Waals surface area contributed by atoms with E-state index in [4.69, 9.17) is 52.6 Å². The monoisotopic (exact) mass is 699 g/mol. The van der Waals surface area contributed by atoms with E-state index in [0.29, 0.717) is 6.42 Å². The summed E-state index contributed by atoms with van der Waals surface area (Å²) < 4.78 is 28.3. The normalized spacial score (nSPS) is 31.7. The van der Waals surface area contributed by atoms with Crippen molar-refractivity contribution < 1.29 is 58.5 Å². The second-order valence-electron chi connectivity index (χ2n) is 10.2. The minimum absolute atomic E-state index is 0.0781. The van der Waals surface area contributed by atoms with Gasteiger partial charge in [0.2, 0.25) is 5.91 Å². The summed E-state index contributed by atoms with van der Waals surface area (Å²) in [7, 11) is 0. The van der Waals surface area contributed by atoms with Crippen LogP contribution in [0.1, 0.15) is 23.7 Å². The number of nitrogens with two attached hydrogens (primary N) is 1. The van der Waals surface area contributed by atoms with Crippen molar-refractivity contribution in [2.45, 2.75) is 73.8 Å². The number of carbonyl (C=O) groups excluding carboxylic acids is 3. The molecule has 2 heterocycles. The van der Waals surface area contributed by atoms with Crippen LogP contribution in [0.2, 0.25) is 10.0 Å². The van der Waals surface area contributed by atoms with Gasteiger partial charge in [0.05, 0.1) is 29.3 Å². The average Bonchev–Trinajstić information content (AvgIpc) is 3.00. The molecule has 3 rings (SSSR count). The van der Waals surface area contributed by atoms with Crippen LogP contribution in [0.15, 0.2) is 18.2 Å². The maximum Gasteiger partial charge on any atom is 0.303 e. The van der Waals surface area contributed by atoms with Crippen molar-refractivity contribution in [1.29, 1.82) is 0 Å². The summed E-state index contributed by atoms with van der Waals surface area (Å²) in [4.78, 5) is 38.1. The van der Waals surface area contributed by atoms with Gasteiger partial charge in [0.15, 0.2) is 12.3 Å². The molecule has 2 aliphatic heterocycles. The van der Waals surface area contributed by atoms with Crippen LogP contribution in [-0.2, 0) is 33.3 Å². The fraction of sp³-hybridized carbons (Fsp3) is 0.667. The molecule has 0 bridgehead atoms. The molecule has 0 saturated carbocycles. The molecule has 8 N–H and O–H groups in total. The Morgan fingerprint density at radius 1 is 0.978 bits per heavy atom. The van der Waals surface area contributed by atoms with E-state index >= 15 is 0 Å². The molecule has 10 atom stereocenters.